The van der Waals surface area contributed by atoms with Crippen molar-refractivity contribution in [2.75, 3.05) is 26.2 Å². The molecule has 2 aromatic rings. The number of rotatable bonds is 5. The first-order valence-corrected chi connectivity index (χ1v) is 9.98. The Morgan fingerprint density at radius 1 is 1.11 bits per heavy atom. The number of benzene rings is 1. The first-order chi connectivity index (χ1) is 12.9. The fraction of sp³-hybridized carbons (Fsp3) is 0.333. The highest BCUT2D eigenvalue weighted by atomic mass is 32.2. The first kappa shape index (κ1) is 19.1. The molecule has 1 aromatic heterocycles. The molecule has 27 heavy (non-hydrogen) atoms. The zero-order chi connectivity index (χ0) is 19.4. The second-order valence-corrected chi connectivity index (χ2v) is 8.14. The Labute approximate surface area is 157 Å². The van der Waals surface area contributed by atoms with Gasteiger partial charge in [-0.15, -0.1) is 0 Å². The molecule has 8 nitrogen and oxygen atoms in total. The zero-order valence-electron chi connectivity index (χ0n) is 14.9. The van der Waals surface area contributed by atoms with Crippen molar-refractivity contribution in [2.24, 2.45) is 0 Å². The van der Waals surface area contributed by atoms with Crippen molar-refractivity contribution < 1.29 is 22.4 Å². The molecule has 1 aliphatic heterocycles. The van der Waals surface area contributed by atoms with E-state index in [1.165, 1.54) is 29.6 Å². The predicted molar refractivity (Wildman–Crippen MR) is 97.3 cm³/mol. The van der Waals surface area contributed by atoms with Crippen molar-refractivity contribution in [3.05, 3.63) is 54.0 Å². The van der Waals surface area contributed by atoms with Crippen LogP contribution >= 0.6 is 0 Å². The maximum atomic E-state index is 12.9. The van der Waals surface area contributed by atoms with Gasteiger partial charge in [0.2, 0.25) is 15.9 Å². The predicted octanol–water partition coefficient (Wildman–Crippen LogP) is 1.06. The average Bonchev–Trinajstić information content (AvgIpc) is 3.20. The van der Waals surface area contributed by atoms with E-state index >= 15 is 0 Å². The van der Waals surface area contributed by atoms with Crippen LogP contribution in [0.1, 0.15) is 23.0 Å². The molecule has 0 atom stereocenters. The number of nitrogens with one attached hydrogen (secondary N) is 1. The Hall–Kier alpha value is -2.65. The number of carbonyl (C=O) groups excluding carboxylic acids is 2. The number of amides is 2. The van der Waals surface area contributed by atoms with Crippen molar-refractivity contribution in [1.29, 1.82) is 0 Å². The molecule has 0 bridgehead atoms. The molecule has 0 spiro atoms. The summed E-state index contributed by atoms with van der Waals surface area (Å²) >= 11 is 0. The fourth-order valence-corrected chi connectivity index (χ4v) is 4.34. The van der Waals surface area contributed by atoms with Crippen LogP contribution in [0.3, 0.4) is 0 Å². The molecule has 1 aliphatic rings. The van der Waals surface area contributed by atoms with Crippen molar-refractivity contribution >= 4 is 21.8 Å². The molecular weight excluding hydrogens is 370 g/mol. The van der Waals surface area contributed by atoms with Crippen LogP contribution in [0.25, 0.3) is 0 Å². The molecule has 0 saturated carbocycles. The van der Waals surface area contributed by atoms with Gasteiger partial charge in [-0.25, -0.2) is 8.42 Å². The standard InChI is InChI=1S/C18H21N3O5S/c1-14(22)20-7-9-21(10-8-20)27(24,25)17-6-2-4-15(12-17)18(23)19-13-16-5-3-11-26-16/h2-6,11-12H,7-10,13H2,1H3,(H,19,23). The zero-order valence-corrected chi connectivity index (χ0v) is 15.7. The van der Waals surface area contributed by atoms with Crippen molar-refractivity contribution in [3.63, 3.8) is 0 Å². The lowest BCUT2D eigenvalue weighted by atomic mass is 10.2. The van der Waals surface area contributed by atoms with Crippen LogP contribution in [0, 0.1) is 0 Å². The van der Waals surface area contributed by atoms with Crippen molar-refractivity contribution in [2.45, 2.75) is 18.4 Å². The highest BCUT2D eigenvalue weighted by Gasteiger charge is 2.29. The average molecular weight is 391 g/mol. The van der Waals surface area contributed by atoms with E-state index in [0.717, 1.165) is 0 Å². The molecule has 1 fully saturated rings. The summed E-state index contributed by atoms with van der Waals surface area (Å²) in [4.78, 5) is 25.4. The Kier molecular flexibility index (Phi) is 5.62. The topological polar surface area (TPSA) is 99.9 Å². The molecule has 0 radical (unpaired) electrons. The van der Waals surface area contributed by atoms with E-state index < -0.39 is 10.0 Å². The van der Waals surface area contributed by atoms with Gasteiger partial charge in [-0.1, -0.05) is 6.07 Å². The molecule has 1 aromatic carbocycles. The van der Waals surface area contributed by atoms with E-state index in [9.17, 15) is 18.0 Å². The van der Waals surface area contributed by atoms with Gasteiger partial charge in [0.25, 0.3) is 5.91 Å². The van der Waals surface area contributed by atoms with Crippen LogP contribution in [0.2, 0.25) is 0 Å². The van der Waals surface area contributed by atoms with E-state index in [0.29, 0.717) is 18.8 Å². The number of hydrogen-bond acceptors (Lipinski definition) is 5. The molecule has 1 N–H and O–H groups in total. The van der Waals surface area contributed by atoms with Crippen LogP contribution in [-0.2, 0) is 21.4 Å². The molecule has 9 heteroatoms. The number of carbonyl (C=O) groups is 2. The quantitative estimate of drug-likeness (QED) is 0.822. The maximum Gasteiger partial charge on any atom is 0.251 e. The number of sulfonamides is 1. The van der Waals surface area contributed by atoms with Gasteiger partial charge in [0.05, 0.1) is 17.7 Å². The van der Waals surface area contributed by atoms with Crippen LogP contribution in [0.5, 0.6) is 0 Å². The summed E-state index contributed by atoms with van der Waals surface area (Å²) in [6.07, 6.45) is 1.51. The molecule has 3 rings (SSSR count). The van der Waals surface area contributed by atoms with Crippen LogP contribution in [0.4, 0.5) is 0 Å². The number of hydrogen-bond donors (Lipinski definition) is 1. The lowest BCUT2D eigenvalue weighted by molar-refractivity contribution is -0.129. The van der Waals surface area contributed by atoms with Gasteiger partial charge >= 0.3 is 0 Å². The van der Waals surface area contributed by atoms with E-state index in [1.807, 2.05) is 0 Å². The summed E-state index contributed by atoms with van der Waals surface area (Å²) in [6, 6.07) is 9.40. The number of furan rings is 1. The summed E-state index contributed by atoms with van der Waals surface area (Å²) in [5, 5.41) is 2.69. The normalized spacial score (nSPS) is 15.5. The summed E-state index contributed by atoms with van der Waals surface area (Å²) in [7, 11) is -3.73. The van der Waals surface area contributed by atoms with Gasteiger partial charge in [0, 0.05) is 38.7 Å². The Balaban J connectivity index is 1.70. The largest absolute Gasteiger partial charge is 0.467 e. The maximum absolute atomic E-state index is 12.9. The van der Waals surface area contributed by atoms with E-state index in [2.05, 4.69) is 5.32 Å². The summed E-state index contributed by atoms with van der Waals surface area (Å²) in [5.41, 5.74) is 0.255. The van der Waals surface area contributed by atoms with Gasteiger partial charge in [0.1, 0.15) is 5.76 Å². The third kappa shape index (κ3) is 4.37. The summed E-state index contributed by atoms with van der Waals surface area (Å²) in [5.74, 6) is 0.155. The van der Waals surface area contributed by atoms with Gasteiger partial charge in [-0.2, -0.15) is 4.31 Å². The highest BCUT2D eigenvalue weighted by Crippen LogP contribution is 2.19. The second-order valence-electron chi connectivity index (χ2n) is 6.20. The molecule has 1 saturated heterocycles. The molecule has 0 unspecified atom stereocenters. The SMILES string of the molecule is CC(=O)N1CCN(S(=O)(=O)c2cccc(C(=O)NCc3ccco3)c2)CC1. The first-order valence-electron chi connectivity index (χ1n) is 8.54. The minimum Gasteiger partial charge on any atom is -0.467 e. The minimum absolute atomic E-state index is 0.0597. The molecular formula is C18H21N3O5S. The van der Waals surface area contributed by atoms with Crippen LogP contribution in [0.15, 0.2) is 52.0 Å². The fourth-order valence-electron chi connectivity index (χ4n) is 2.87. The highest BCUT2D eigenvalue weighted by molar-refractivity contribution is 7.89. The third-order valence-electron chi connectivity index (χ3n) is 4.42. The lowest BCUT2D eigenvalue weighted by Crippen LogP contribution is -2.49. The molecule has 2 amide bonds. The van der Waals surface area contributed by atoms with E-state index in [1.54, 1.807) is 29.2 Å². The van der Waals surface area contributed by atoms with Crippen molar-refractivity contribution in [1.82, 2.24) is 14.5 Å². The Morgan fingerprint density at radius 3 is 2.48 bits per heavy atom. The smallest absolute Gasteiger partial charge is 0.251 e. The Bertz CT molecular complexity index is 916. The lowest BCUT2D eigenvalue weighted by Gasteiger charge is -2.33. The number of nitrogens with zero attached hydrogens (tertiary/aromatic N) is 2. The van der Waals surface area contributed by atoms with Gasteiger partial charge in [-0.3, -0.25) is 9.59 Å². The van der Waals surface area contributed by atoms with Crippen molar-refractivity contribution in [3.8, 4) is 0 Å². The molecule has 0 aliphatic carbocycles. The van der Waals surface area contributed by atoms with E-state index in [-0.39, 0.29) is 41.9 Å². The van der Waals surface area contributed by atoms with Gasteiger partial charge < -0.3 is 14.6 Å². The Morgan fingerprint density at radius 2 is 1.85 bits per heavy atom. The van der Waals surface area contributed by atoms with Crippen LogP contribution < -0.4 is 5.32 Å². The molecule has 2 heterocycles. The third-order valence-corrected chi connectivity index (χ3v) is 6.32. The second kappa shape index (κ2) is 7.93. The van der Waals surface area contributed by atoms with Crippen LogP contribution in [-0.4, -0.2) is 55.6 Å². The number of piperazine rings is 1. The minimum atomic E-state index is -3.73. The van der Waals surface area contributed by atoms with E-state index in [4.69, 9.17) is 4.42 Å². The molecule has 144 valence electrons. The van der Waals surface area contributed by atoms with Gasteiger partial charge in [-0.05, 0) is 30.3 Å². The van der Waals surface area contributed by atoms with Gasteiger partial charge in [0.15, 0.2) is 0 Å². The summed E-state index contributed by atoms with van der Waals surface area (Å²) in [6.45, 7) is 2.87. The summed E-state index contributed by atoms with van der Waals surface area (Å²) < 4.78 is 32.2. The monoisotopic (exact) mass is 391 g/mol.